The lowest BCUT2D eigenvalue weighted by molar-refractivity contribution is -0.130. The zero-order valence-corrected chi connectivity index (χ0v) is 11.3. The van der Waals surface area contributed by atoms with Crippen LogP contribution in [-0.2, 0) is 9.59 Å². The van der Waals surface area contributed by atoms with E-state index in [2.05, 4.69) is 0 Å². The molecule has 2 aromatic carbocycles. The summed E-state index contributed by atoms with van der Waals surface area (Å²) < 4.78 is 0. The predicted octanol–water partition coefficient (Wildman–Crippen LogP) is 1.91. The second-order valence-corrected chi connectivity index (χ2v) is 4.04. The van der Waals surface area contributed by atoms with Crippen molar-refractivity contribution >= 4 is 23.1 Å². The summed E-state index contributed by atoms with van der Waals surface area (Å²) in [7, 11) is 0. The van der Waals surface area contributed by atoms with Gasteiger partial charge in [-0.1, -0.05) is 48.5 Å². The maximum absolute atomic E-state index is 10.8. The minimum absolute atomic E-state index is 0.0990. The van der Waals surface area contributed by atoms with Crippen LogP contribution in [0.15, 0.2) is 66.7 Å². The quantitative estimate of drug-likeness (QED) is 0.591. The minimum Gasteiger partial charge on any atom is -0.478 e. The second kappa shape index (κ2) is 8.16. The Morgan fingerprint density at radius 1 is 0.905 bits per heavy atom. The Kier molecular flexibility index (Phi) is 6.21. The molecule has 2 aromatic rings. The van der Waals surface area contributed by atoms with Gasteiger partial charge in [-0.2, -0.15) is 0 Å². The van der Waals surface area contributed by atoms with Crippen LogP contribution in [-0.4, -0.2) is 17.0 Å². The maximum atomic E-state index is 10.8. The normalized spacial score (nSPS) is 10.2. The number of rotatable bonds is 3. The lowest BCUT2D eigenvalue weighted by Crippen LogP contribution is -2.10. The van der Waals surface area contributed by atoms with Crippen molar-refractivity contribution in [1.82, 2.24) is 0 Å². The molecule has 0 heterocycles. The van der Waals surface area contributed by atoms with Crippen molar-refractivity contribution < 1.29 is 14.7 Å². The number of hydrogen-bond donors (Lipinski definition) is 3. The fourth-order valence-corrected chi connectivity index (χ4v) is 1.48. The Morgan fingerprint density at radius 2 is 1.38 bits per heavy atom. The van der Waals surface area contributed by atoms with Crippen molar-refractivity contribution in [3.8, 4) is 0 Å². The number of nitrogen functional groups attached to an aromatic ring is 1. The molecule has 1 amide bonds. The molecule has 5 heteroatoms. The number of carbonyl (C=O) groups excluding carboxylic acids is 1. The summed E-state index contributed by atoms with van der Waals surface area (Å²) in [4.78, 5) is 21.3. The molecule has 21 heavy (non-hydrogen) atoms. The van der Waals surface area contributed by atoms with E-state index in [-0.39, 0.29) is 5.57 Å². The van der Waals surface area contributed by atoms with E-state index in [9.17, 15) is 9.59 Å². The summed E-state index contributed by atoms with van der Waals surface area (Å²) >= 11 is 0. The summed E-state index contributed by atoms with van der Waals surface area (Å²) in [5.41, 5.74) is 11.4. The van der Waals surface area contributed by atoms with Crippen LogP contribution in [0.4, 0.5) is 5.69 Å². The van der Waals surface area contributed by atoms with Crippen LogP contribution in [0.1, 0.15) is 5.56 Å². The van der Waals surface area contributed by atoms with E-state index in [4.69, 9.17) is 16.6 Å². The topological polar surface area (TPSA) is 106 Å². The van der Waals surface area contributed by atoms with Crippen molar-refractivity contribution in [2.24, 2.45) is 5.73 Å². The molecule has 2 rings (SSSR count). The molecular weight excluding hydrogens is 268 g/mol. The van der Waals surface area contributed by atoms with Gasteiger partial charge in [0.25, 0.3) is 0 Å². The van der Waals surface area contributed by atoms with Crippen LogP contribution in [0, 0.1) is 0 Å². The molecule has 0 aliphatic carbocycles. The van der Waals surface area contributed by atoms with Gasteiger partial charge in [-0.25, -0.2) is 4.79 Å². The van der Waals surface area contributed by atoms with Gasteiger partial charge in [0.15, 0.2) is 0 Å². The predicted molar refractivity (Wildman–Crippen MR) is 82.1 cm³/mol. The standard InChI is InChI=1S/C10H9NO3.C6H7N/c11-9(12)6-8(10(13)14)7-4-2-1-3-5-7;7-6-4-2-1-3-5-6/h1-6H,(H2,11,12)(H,13,14);1-5H,7H2. The van der Waals surface area contributed by atoms with E-state index in [1.807, 2.05) is 30.3 Å². The van der Waals surface area contributed by atoms with E-state index in [0.717, 1.165) is 11.8 Å². The number of anilines is 1. The maximum Gasteiger partial charge on any atom is 0.336 e. The molecule has 0 radical (unpaired) electrons. The van der Waals surface area contributed by atoms with E-state index < -0.39 is 11.9 Å². The number of carboxylic acid groups (broad SMARTS) is 1. The molecule has 0 aliphatic rings. The molecule has 5 nitrogen and oxygen atoms in total. The Hall–Kier alpha value is -3.08. The number of carboxylic acids is 1. The molecule has 0 atom stereocenters. The van der Waals surface area contributed by atoms with Gasteiger partial charge >= 0.3 is 5.97 Å². The van der Waals surface area contributed by atoms with Crippen molar-refractivity contribution in [1.29, 1.82) is 0 Å². The largest absolute Gasteiger partial charge is 0.478 e. The molecule has 0 saturated carbocycles. The summed E-state index contributed by atoms with van der Waals surface area (Å²) in [5, 5.41) is 8.80. The van der Waals surface area contributed by atoms with E-state index in [1.165, 1.54) is 0 Å². The number of carbonyl (C=O) groups is 2. The number of aliphatic carboxylic acids is 1. The first-order chi connectivity index (χ1) is 10.0. The Balaban J connectivity index is 0.000000262. The Morgan fingerprint density at radius 3 is 1.71 bits per heavy atom. The molecule has 108 valence electrons. The first-order valence-corrected chi connectivity index (χ1v) is 6.11. The highest BCUT2D eigenvalue weighted by atomic mass is 16.4. The fraction of sp³-hybridized carbons (Fsp3) is 0. The number of amides is 1. The van der Waals surface area contributed by atoms with E-state index >= 15 is 0 Å². The number of benzene rings is 2. The van der Waals surface area contributed by atoms with Crippen LogP contribution < -0.4 is 11.5 Å². The van der Waals surface area contributed by atoms with Gasteiger partial charge in [-0.15, -0.1) is 0 Å². The highest BCUT2D eigenvalue weighted by Gasteiger charge is 2.10. The fourth-order valence-electron chi connectivity index (χ4n) is 1.48. The van der Waals surface area contributed by atoms with Crippen LogP contribution in [0.3, 0.4) is 0 Å². The van der Waals surface area contributed by atoms with Crippen LogP contribution in [0.25, 0.3) is 5.57 Å². The summed E-state index contributed by atoms with van der Waals surface area (Å²) in [6.45, 7) is 0. The lowest BCUT2D eigenvalue weighted by atomic mass is 10.1. The Labute approximate surface area is 122 Å². The van der Waals surface area contributed by atoms with Gasteiger partial charge in [-0.3, -0.25) is 4.79 Å². The number of primary amides is 1. The smallest absolute Gasteiger partial charge is 0.336 e. The van der Waals surface area contributed by atoms with Crippen LogP contribution >= 0.6 is 0 Å². The molecule has 5 N–H and O–H groups in total. The lowest BCUT2D eigenvalue weighted by Gasteiger charge is -2.00. The first-order valence-electron chi connectivity index (χ1n) is 6.11. The summed E-state index contributed by atoms with van der Waals surface area (Å²) in [6.07, 6.45) is 0.900. The van der Waals surface area contributed by atoms with Gasteiger partial charge < -0.3 is 16.6 Å². The van der Waals surface area contributed by atoms with Crippen LogP contribution in [0.2, 0.25) is 0 Å². The second-order valence-electron chi connectivity index (χ2n) is 4.04. The zero-order valence-electron chi connectivity index (χ0n) is 11.3. The van der Waals surface area contributed by atoms with Crippen LogP contribution in [0.5, 0.6) is 0 Å². The van der Waals surface area contributed by atoms with Gasteiger partial charge in [0.05, 0.1) is 5.57 Å². The van der Waals surface area contributed by atoms with Gasteiger partial charge in [0.2, 0.25) is 5.91 Å². The van der Waals surface area contributed by atoms with Crippen molar-refractivity contribution in [2.75, 3.05) is 5.73 Å². The average Bonchev–Trinajstić information content (AvgIpc) is 2.47. The molecule has 0 bridgehead atoms. The third kappa shape index (κ3) is 6.07. The molecule has 0 aliphatic heterocycles. The summed E-state index contributed by atoms with van der Waals surface area (Å²) in [5.74, 6) is -1.94. The highest BCUT2D eigenvalue weighted by Crippen LogP contribution is 2.13. The SMILES string of the molecule is NC(=O)C=C(C(=O)O)c1ccccc1.Nc1ccccc1. The van der Waals surface area contributed by atoms with Gasteiger partial charge in [0.1, 0.15) is 0 Å². The van der Waals surface area contributed by atoms with Crippen molar-refractivity contribution in [3.05, 3.63) is 72.3 Å². The highest BCUT2D eigenvalue weighted by molar-refractivity contribution is 6.20. The average molecular weight is 284 g/mol. The molecule has 0 saturated heterocycles. The molecule has 0 aromatic heterocycles. The third-order valence-electron chi connectivity index (χ3n) is 2.40. The zero-order chi connectivity index (χ0) is 15.7. The minimum atomic E-state index is -1.17. The molecule has 0 spiro atoms. The van der Waals surface area contributed by atoms with Crippen molar-refractivity contribution in [3.63, 3.8) is 0 Å². The van der Waals surface area contributed by atoms with E-state index in [1.54, 1.807) is 30.3 Å². The third-order valence-corrected chi connectivity index (χ3v) is 2.40. The number of hydrogen-bond acceptors (Lipinski definition) is 3. The van der Waals surface area contributed by atoms with Crippen molar-refractivity contribution in [2.45, 2.75) is 0 Å². The van der Waals surface area contributed by atoms with Gasteiger partial charge in [-0.05, 0) is 17.7 Å². The number of nitrogens with two attached hydrogens (primary N) is 2. The summed E-state index contributed by atoms with van der Waals surface area (Å²) in [6, 6.07) is 17.8. The molecule has 0 unspecified atom stereocenters. The first kappa shape index (κ1) is 16.0. The molecular formula is C16H16N2O3. The van der Waals surface area contributed by atoms with Gasteiger partial charge in [0, 0.05) is 11.8 Å². The number of para-hydroxylation sites is 1. The monoisotopic (exact) mass is 284 g/mol. The molecule has 0 fully saturated rings. The Bertz CT molecular complexity index is 622. The van der Waals surface area contributed by atoms with E-state index in [0.29, 0.717) is 5.56 Å².